The number of sulfone groups is 1. The van der Waals surface area contributed by atoms with E-state index in [0.29, 0.717) is 36.1 Å². The molecule has 0 aliphatic carbocycles. The van der Waals surface area contributed by atoms with Crippen molar-refractivity contribution in [3.63, 3.8) is 0 Å². The summed E-state index contributed by atoms with van der Waals surface area (Å²) in [6.07, 6.45) is 4.30. The molecule has 11 heteroatoms. The van der Waals surface area contributed by atoms with Crippen LogP contribution >= 0.6 is 0 Å². The Morgan fingerprint density at radius 3 is 2.39 bits per heavy atom. The van der Waals surface area contributed by atoms with Crippen LogP contribution in [-0.4, -0.2) is 56.1 Å². The Kier molecular flexibility index (Phi) is 6.90. The summed E-state index contributed by atoms with van der Waals surface area (Å²) in [4.78, 5) is 12.7. The van der Waals surface area contributed by atoms with E-state index in [0.717, 1.165) is 19.1 Å². The van der Waals surface area contributed by atoms with Crippen molar-refractivity contribution in [2.45, 2.75) is 23.8 Å². The van der Waals surface area contributed by atoms with Crippen molar-refractivity contribution < 1.29 is 22.6 Å². The second kappa shape index (κ2) is 10.0. The van der Waals surface area contributed by atoms with Crippen LogP contribution in [0.5, 0.6) is 11.5 Å². The number of hydrogen-bond donors (Lipinski definition) is 2. The molecule has 0 radical (unpaired) electrons. The lowest BCUT2D eigenvalue weighted by Crippen LogP contribution is -2.25. The predicted octanol–water partition coefficient (Wildman–Crippen LogP) is 3.33. The normalized spacial score (nSPS) is 14.5. The van der Waals surface area contributed by atoms with Crippen molar-refractivity contribution in [1.29, 1.82) is 0 Å². The molecule has 4 rings (SSSR count). The number of nitrogens with one attached hydrogen (secondary N) is 2. The quantitative estimate of drug-likeness (QED) is 0.505. The van der Waals surface area contributed by atoms with Crippen LogP contribution in [0.25, 0.3) is 0 Å². The SMILES string of the molecule is COc1cc(OC2CCOCC2)ccc1Nc1ncnc(Nc2ccccc2S(C)(=O)=O)n1. The maximum absolute atomic E-state index is 12.0. The van der Waals surface area contributed by atoms with Gasteiger partial charge in [-0.15, -0.1) is 0 Å². The van der Waals surface area contributed by atoms with Gasteiger partial charge in [-0.2, -0.15) is 4.98 Å². The highest BCUT2D eigenvalue weighted by Gasteiger charge is 2.17. The Labute approximate surface area is 192 Å². The van der Waals surface area contributed by atoms with E-state index in [1.54, 1.807) is 31.4 Å². The molecule has 174 valence electrons. The van der Waals surface area contributed by atoms with Gasteiger partial charge in [-0.1, -0.05) is 12.1 Å². The number of nitrogens with zero attached hydrogens (tertiary/aromatic N) is 3. The molecule has 3 aromatic rings. The number of benzene rings is 2. The zero-order valence-electron chi connectivity index (χ0n) is 18.3. The summed E-state index contributed by atoms with van der Waals surface area (Å²) in [5.74, 6) is 1.74. The molecule has 33 heavy (non-hydrogen) atoms. The Morgan fingerprint density at radius 2 is 1.70 bits per heavy atom. The lowest BCUT2D eigenvalue weighted by atomic mass is 10.1. The van der Waals surface area contributed by atoms with Crippen LogP contribution in [0.3, 0.4) is 0 Å². The van der Waals surface area contributed by atoms with E-state index in [1.165, 1.54) is 12.4 Å². The van der Waals surface area contributed by atoms with E-state index in [1.807, 2.05) is 12.1 Å². The molecule has 0 saturated carbocycles. The molecule has 0 bridgehead atoms. The highest BCUT2D eigenvalue weighted by atomic mass is 32.2. The van der Waals surface area contributed by atoms with Crippen LogP contribution in [0.15, 0.2) is 53.7 Å². The smallest absolute Gasteiger partial charge is 0.232 e. The van der Waals surface area contributed by atoms with E-state index in [-0.39, 0.29) is 22.9 Å². The van der Waals surface area contributed by atoms with Gasteiger partial charge in [0, 0.05) is 25.2 Å². The van der Waals surface area contributed by atoms with Gasteiger partial charge in [-0.25, -0.2) is 18.4 Å². The third kappa shape index (κ3) is 5.88. The van der Waals surface area contributed by atoms with Gasteiger partial charge in [0.2, 0.25) is 11.9 Å². The largest absolute Gasteiger partial charge is 0.494 e. The van der Waals surface area contributed by atoms with Crippen LogP contribution in [-0.2, 0) is 14.6 Å². The minimum Gasteiger partial charge on any atom is -0.494 e. The highest BCUT2D eigenvalue weighted by Crippen LogP contribution is 2.32. The summed E-state index contributed by atoms with van der Waals surface area (Å²) >= 11 is 0. The van der Waals surface area contributed by atoms with Crippen molar-refractivity contribution in [1.82, 2.24) is 15.0 Å². The summed E-state index contributed by atoms with van der Waals surface area (Å²) in [5.41, 5.74) is 1.02. The monoisotopic (exact) mass is 471 g/mol. The van der Waals surface area contributed by atoms with Crippen molar-refractivity contribution >= 4 is 33.1 Å². The first-order chi connectivity index (χ1) is 15.9. The van der Waals surface area contributed by atoms with E-state index >= 15 is 0 Å². The second-order valence-corrected chi connectivity index (χ2v) is 9.43. The average molecular weight is 472 g/mol. The molecule has 0 amide bonds. The van der Waals surface area contributed by atoms with Gasteiger partial charge in [0.15, 0.2) is 9.84 Å². The number of methoxy groups -OCH3 is 1. The fourth-order valence-corrected chi connectivity index (χ4v) is 4.23. The van der Waals surface area contributed by atoms with E-state index < -0.39 is 9.84 Å². The summed E-state index contributed by atoms with van der Waals surface area (Å²) < 4.78 is 41.0. The van der Waals surface area contributed by atoms with Crippen LogP contribution in [0, 0.1) is 0 Å². The van der Waals surface area contributed by atoms with Crippen molar-refractivity contribution in [2.75, 3.05) is 37.2 Å². The molecule has 0 spiro atoms. The van der Waals surface area contributed by atoms with E-state index in [2.05, 4.69) is 25.6 Å². The van der Waals surface area contributed by atoms with Crippen LogP contribution in [0.1, 0.15) is 12.8 Å². The molecule has 0 unspecified atom stereocenters. The Balaban J connectivity index is 1.50. The fraction of sp³-hybridized carbons (Fsp3) is 0.318. The number of hydrogen-bond acceptors (Lipinski definition) is 10. The summed E-state index contributed by atoms with van der Waals surface area (Å²) in [7, 11) is -1.85. The molecule has 1 aliphatic heterocycles. The first kappa shape index (κ1) is 22.7. The number of ether oxygens (including phenoxy) is 3. The molecule has 0 atom stereocenters. The standard InChI is InChI=1S/C22H25N5O5S/c1-30-19-13-16(32-15-9-11-31-12-10-15)7-8-17(19)25-21-23-14-24-22(27-21)26-18-5-3-4-6-20(18)33(2,28)29/h3-8,13-15H,9-12H2,1-2H3,(H2,23,24,25,26,27). The van der Waals surface area contributed by atoms with Crippen LogP contribution in [0.2, 0.25) is 0 Å². The average Bonchev–Trinajstić information content (AvgIpc) is 2.81. The molecule has 2 heterocycles. The number of aromatic nitrogens is 3. The second-order valence-electron chi connectivity index (χ2n) is 7.44. The number of anilines is 4. The van der Waals surface area contributed by atoms with Crippen molar-refractivity contribution in [3.05, 3.63) is 48.8 Å². The third-order valence-electron chi connectivity index (χ3n) is 5.00. The van der Waals surface area contributed by atoms with Gasteiger partial charge in [0.25, 0.3) is 0 Å². The van der Waals surface area contributed by atoms with E-state index in [9.17, 15) is 8.42 Å². The lowest BCUT2D eigenvalue weighted by Gasteiger charge is -2.23. The Hall–Kier alpha value is -3.44. The molecule has 1 aliphatic rings. The molecule has 2 aromatic carbocycles. The highest BCUT2D eigenvalue weighted by molar-refractivity contribution is 7.90. The zero-order valence-corrected chi connectivity index (χ0v) is 19.1. The minimum absolute atomic E-state index is 0.120. The van der Waals surface area contributed by atoms with E-state index in [4.69, 9.17) is 14.2 Å². The minimum atomic E-state index is -3.42. The topological polar surface area (TPSA) is 125 Å². The summed E-state index contributed by atoms with van der Waals surface area (Å²) in [5, 5.41) is 6.05. The third-order valence-corrected chi connectivity index (χ3v) is 6.15. The van der Waals surface area contributed by atoms with Gasteiger partial charge in [-0.3, -0.25) is 0 Å². The molecular weight excluding hydrogens is 446 g/mol. The first-order valence-corrected chi connectivity index (χ1v) is 12.3. The molecule has 1 fully saturated rings. The maximum atomic E-state index is 12.0. The van der Waals surface area contributed by atoms with Crippen molar-refractivity contribution in [3.8, 4) is 11.5 Å². The van der Waals surface area contributed by atoms with Gasteiger partial charge in [0.05, 0.1) is 36.6 Å². The zero-order chi connectivity index (χ0) is 23.3. The van der Waals surface area contributed by atoms with Gasteiger partial charge in [-0.05, 0) is 24.3 Å². The Bertz CT molecular complexity index is 1220. The fourth-order valence-electron chi connectivity index (χ4n) is 3.39. The van der Waals surface area contributed by atoms with Gasteiger partial charge < -0.3 is 24.8 Å². The molecule has 2 N–H and O–H groups in total. The first-order valence-electron chi connectivity index (χ1n) is 10.4. The molecule has 10 nitrogen and oxygen atoms in total. The molecular formula is C22H25N5O5S. The summed E-state index contributed by atoms with van der Waals surface area (Å²) in [6.45, 7) is 1.40. The molecule has 1 saturated heterocycles. The summed E-state index contributed by atoms with van der Waals surface area (Å²) in [6, 6.07) is 12.0. The number of para-hydroxylation sites is 1. The van der Waals surface area contributed by atoms with Crippen LogP contribution < -0.4 is 20.1 Å². The molecule has 1 aromatic heterocycles. The van der Waals surface area contributed by atoms with Crippen molar-refractivity contribution in [2.24, 2.45) is 0 Å². The Morgan fingerprint density at radius 1 is 1.00 bits per heavy atom. The maximum Gasteiger partial charge on any atom is 0.232 e. The van der Waals surface area contributed by atoms with Gasteiger partial charge >= 0.3 is 0 Å². The lowest BCUT2D eigenvalue weighted by molar-refractivity contribution is 0.0255. The number of rotatable bonds is 8. The predicted molar refractivity (Wildman–Crippen MR) is 123 cm³/mol. The van der Waals surface area contributed by atoms with Gasteiger partial charge in [0.1, 0.15) is 23.9 Å². The van der Waals surface area contributed by atoms with Crippen LogP contribution in [0.4, 0.5) is 23.3 Å².